The number of nitrogens with zero attached hydrogens (tertiary/aromatic N) is 1. The van der Waals surface area contributed by atoms with E-state index in [9.17, 15) is 4.79 Å². The standard InChI is InChI=1S/C15H15N3O2S/c1-2-20-15(19)12-13(16)18-14-11(17-12)8-9-21(14)10-6-4-3-5-7-10/h3-9,17H,2,16H2,1H3. The molecule has 1 atom stereocenters. The summed E-state index contributed by atoms with van der Waals surface area (Å²) in [6.45, 7) is 2.05. The Bertz CT molecular complexity index is 718. The van der Waals surface area contributed by atoms with Crippen LogP contribution in [-0.4, -0.2) is 23.0 Å². The summed E-state index contributed by atoms with van der Waals surface area (Å²) in [6, 6.07) is 10.1. The van der Waals surface area contributed by atoms with Crippen molar-refractivity contribution in [2.24, 2.45) is 10.7 Å². The molecule has 108 valence electrons. The number of aliphatic imine (C=N–C) groups is 1. The van der Waals surface area contributed by atoms with Crippen LogP contribution >= 0.6 is 10.5 Å². The Balaban J connectivity index is 1.95. The fourth-order valence-corrected chi connectivity index (χ4v) is 3.86. The predicted molar refractivity (Wildman–Crippen MR) is 84.9 cm³/mol. The number of hydrogen-bond acceptors (Lipinski definition) is 5. The van der Waals surface area contributed by atoms with Crippen molar-refractivity contribution in [1.82, 2.24) is 5.32 Å². The fourth-order valence-electron chi connectivity index (χ4n) is 2.07. The lowest BCUT2D eigenvalue weighted by Gasteiger charge is -2.20. The Kier molecular flexibility index (Phi) is 3.62. The van der Waals surface area contributed by atoms with Gasteiger partial charge in [-0.15, -0.1) is 10.5 Å². The molecule has 0 aliphatic carbocycles. The number of rotatable bonds is 3. The van der Waals surface area contributed by atoms with Crippen LogP contribution in [0, 0.1) is 0 Å². The number of carbonyl (C=O) groups excluding carboxylic acids is 1. The molecule has 1 aromatic carbocycles. The third-order valence-electron chi connectivity index (χ3n) is 3.02. The largest absolute Gasteiger partial charge is 0.461 e. The molecular weight excluding hydrogens is 286 g/mol. The molecule has 6 heteroatoms. The van der Waals surface area contributed by atoms with Crippen molar-refractivity contribution < 1.29 is 9.53 Å². The van der Waals surface area contributed by atoms with E-state index in [1.165, 1.54) is 0 Å². The molecule has 21 heavy (non-hydrogen) atoms. The summed E-state index contributed by atoms with van der Waals surface area (Å²) in [5, 5.41) is 5.96. The van der Waals surface area contributed by atoms with Gasteiger partial charge >= 0.3 is 5.97 Å². The van der Waals surface area contributed by atoms with Crippen LogP contribution in [0.2, 0.25) is 0 Å². The number of allylic oxidation sites excluding steroid dienone is 1. The van der Waals surface area contributed by atoms with Crippen LogP contribution in [0.3, 0.4) is 0 Å². The van der Waals surface area contributed by atoms with E-state index in [4.69, 9.17) is 10.5 Å². The molecule has 1 aromatic rings. The zero-order valence-electron chi connectivity index (χ0n) is 11.5. The van der Waals surface area contributed by atoms with E-state index in [2.05, 4.69) is 27.8 Å². The van der Waals surface area contributed by atoms with Gasteiger partial charge in [0.1, 0.15) is 5.04 Å². The smallest absolute Gasteiger partial charge is 0.358 e. The number of benzene rings is 1. The lowest BCUT2D eigenvalue weighted by atomic mass is 10.3. The Morgan fingerprint density at radius 1 is 1.38 bits per heavy atom. The first-order chi connectivity index (χ1) is 10.2. The van der Waals surface area contributed by atoms with Gasteiger partial charge in [0.15, 0.2) is 11.5 Å². The number of nitrogens with one attached hydrogen (secondary N) is 1. The SMILES string of the molecule is CCOC(=O)C1=C(N)N=C2C(=CC=S2c2ccccc2)N1. The van der Waals surface area contributed by atoms with E-state index >= 15 is 0 Å². The normalized spacial score (nSPS) is 20.0. The number of carbonyl (C=O) groups is 1. The van der Waals surface area contributed by atoms with Crippen LogP contribution in [0.4, 0.5) is 0 Å². The van der Waals surface area contributed by atoms with Crippen LogP contribution in [0.25, 0.3) is 0 Å². The van der Waals surface area contributed by atoms with Gasteiger partial charge in [0.2, 0.25) is 0 Å². The molecule has 0 saturated heterocycles. The van der Waals surface area contributed by atoms with Crippen molar-refractivity contribution in [3.63, 3.8) is 0 Å². The molecule has 5 nitrogen and oxygen atoms in total. The van der Waals surface area contributed by atoms with Gasteiger partial charge in [-0.2, -0.15) is 0 Å². The number of ether oxygens (including phenoxy) is 1. The second-order valence-corrected chi connectivity index (χ2v) is 6.20. The van der Waals surface area contributed by atoms with Gasteiger partial charge < -0.3 is 15.8 Å². The van der Waals surface area contributed by atoms with E-state index in [-0.39, 0.29) is 22.0 Å². The van der Waals surface area contributed by atoms with Crippen LogP contribution in [0.15, 0.2) is 63.5 Å². The molecule has 3 N–H and O–H groups in total. The zero-order chi connectivity index (χ0) is 14.8. The maximum atomic E-state index is 11.8. The van der Waals surface area contributed by atoms with E-state index < -0.39 is 5.97 Å². The molecule has 3 rings (SSSR count). The van der Waals surface area contributed by atoms with Gasteiger partial charge in [-0.3, -0.25) is 0 Å². The molecule has 0 spiro atoms. The molecule has 0 amide bonds. The van der Waals surface area contributed by atoms with Gasteiger partial charge in [-0.05, 0) is 30.5 Å². The summed E-state index contributed by atoms with van der Waals surface area (Å²) < 4.78 is 4.97. The van der Waals surface area contributed by atoms with Crippen molar-refractivity contribution in [1.29, 1.82) is 0 Å². The van der Waals surface area contributed by atoms with Gasteiger partial charge in [-0.1, -0.05) is 18.2 Å². The predicted octanol–water partition coefficient (Wildman–Crippen LogP) is 1.71. The minimum absolute atomic E-state index is 0.171. The quantitative estimate of drug-likeness (QED) is 0.658. The summed E-state index contributed by atoms with van der Waals surface area (Å²) in [4.78, 5) is 17.4. The lowest BCUT2D eigenvalue weighted by Crippen LogP contribution is -2.31. The molecule has 0 bridgehead atoms. The molecule has 2 heterocycles. The Morgan fingerprint density at radius 2 is 2.14 bits per heavy atom. The first-order valence-corrected chi connectivity index (χ1v) is 7.85. The van der Waals surface area contributed by atoms with Gasteiger partial charge in [-0.25, -0.2) is 9.79 Å². The zero-order valence-corrected chi connectivity index (χ0v) is 12.3. The summed E-state index contributed by atoms with van der Waals surface area (Å²) >= 11 is 0. The third kappa shape index (κ3) is 2.50. The molecule has 0 radical (unpaired) electrons. The minimum atomic E-state index is -0.481. The number of esters is 1. The van der Waals surface area contributed by atoms with Gasteiger partial charge in [0, 0.05) is 4.90 Å². The minimum Gasteiger partial charge on any atom is -0.461 e. The number of fused-ring (bicyclic) bond motifs is 1. The number of hydrogen-bond donors (Lipinski definition) is 2. The van der Waals surface area contributed by atoms with Crippen molar-refractivity contribution >= 4 is 26.9 Å². The van der Waals surface area contributed by atoms with Crippen molar-refractivity contribution in [2.75, 3.05) is 6.61 Å². The first-order valence-electron chi connectivity index (χ1n) is 6.57. The van der Waals surface area contributed by atoms with E-state index in [0.29, 0.717) is 6.61 Å². The van der Waals surface area contributed by atoms with Crippen molar-refractivity contribution in [3.8, 4) is 0 Å². The Labute approximate surface area is 125 Å². The highest BCUT2D eigenvalue weighted by molar-refractivity contribution is 8.29. The second kappa shape index (κ2) is 5.57. The van der Waals surface area contributed by atoms with Crippen LogP contribution < -0.4 is 11.1 Å². The third-order valence-corrected chi connectivity index (χ3v) is 4.94. The summed E-state index contributed by atoms with van der Waals surface area (Å²) in [5.74, 6) is -0.311. The van der Waals surface area contributed by atoms with Gasteiger partial charge in [0.25, 0.3) is 0 Å². The molecule has 2 aliphatic heterocycles. The molecule has 0 saturated carbocycles. The molecule has 1 unspecified atom stereocenters. The monoisotopic (exact) mass is 301 g/mol. The van der Waals surface area contributed by atoms with Crippen LogP contribution in [0.5, 0.6) is 0 Å². The van der Waals surface area contributed by atoms with Gasteiger partial charge in [0.05, 0.1) is 12.3 Å². The summed E-state index contributed by atoms with van der Waals surface area (Å²) in [5.41, 5.74) is 6.91. The average Bonchev–Trinajstić information content (AvgIpc) is 2.90. The Morgan fingerprint density at radius 3 is 2.86 bits per heavy atom. The molecule has 0 aromatic heterocycles. The van der Waals surface area contributed by atoms with Crippen LogP contribution in [0.1, 0.15) is 6.92 Å². The van der Waals surface area contributed by atoms with E-state index in [0.717, 1.165) is 15.6 Å². The van der Waals surface area contributed by atoms with E-state index in [1.807, 2.05) is 24.3 Å². The fraction of sp³-hybridized carbons (Fsp3) is 0.133. The Hall–Kier alpha value is -2.34. The van der Waals surface area contributed by atoms with E-state index in [1.54, 1.807) is 6.92 Å². The summed E-state index contributed by atoms with van der Waals surface area (Å²) in [7, 11) is -0.256. The van der Waals surface area contributed by atoms with Crippen molar-refractivity contribution in [3.05, 3.63) is 53.6 Å². The highest BCUT2D eigenvalue weighted by Gasteiger charge is 2.27. The average molecular weight is 301 g/mol. The second-order valence-electron chi connectivity index (χ2n) is 4.39. The lowest BCUT2D eigenvalue weighted by molar-refractivity contribution is -0.138. The first kappa shape index (κ1) is 13.6. The maximum Gasteiger partial charge on any atom is 0.358 e. The molecule has 2 aliphatic rings. The van der Waals surface area contributed by atoms with Crippen molar-refractivity contribution in [2.45, 2.75) is 11.8 Å². The topological polar surface area (TPSA) is 76.7 Å². The summed E-state index contributed by atoms with van der Waals surface area (Å²) in [6.07, 6.45) is 1.93. The highest BCUT2D eigenvalue weighted by atomic mass is 32.2. The highest BCUT2D eigenvalue weighted by Crippen LogP contribution is 2.36. The maximum absolute atomic E-state index is 11.8. The molecular formula is C15H15N3O2S. The molecule has 0 fully saturated rings. The number of nitrogens with two attached hydrogens (primary N) is 1. The van der Waals surface area contributed by atoms with Crippen LogP contribution in [-0.2, 0) is 9.53 Å².